The highest BCUT2D eigenvalue weighted by molar-refractivity contribution is 7.92. The van der Waals surface area contributed by atoms with Crippen LogP contribution in [-0.2, 0) is 22.7 Å². The third-order valence-corrected chi connectivity index (χ3v) is 5.58. The van der Waals surface area contributed by atoms with Crippen LogP contribution in [0.3, 0.4) is 0 Å². The lowest BCUT2D eigenvalue weighted by Gasteiger charge is -2.19. The third kappa shape index (κ3) is 6.32. The van der Waals surface area contributed by atoms with Gasteiger partial charge in [0.15, 0.2) is 5.82 Å². The van der Waals surface area contributed by atoms with Gasteiger partial charge in [0.1, 0.15) is 17.1 Å². The number of benzene rings is 1. The monoisotopic (exact) mass is 514 g/mol. The molecule has 186 valence electrons. The number of aromatic nitrogens is 4. The molecule has 0 bridgehead atoms. The van der Waals surface area contributed by atoms with Crippen molar-refractivity contribution in [1.29, 1.82) is 0 Å². The molecule has 0 saturated heterocycles. The van der Waals surface area contributed by atoms with Crippen molar-refractivity contribution in [1.82, 2.24) is 25.3 Å². The van der Waals surface area contributed by atoms with Crippen molar-refractivity contribution in [3.05, 3.63) is 59.6 Å². The molecule has 2 aromatic heterocycles. The molecule has 0 aliphatic rings. The fourth-order valence-electron chi connectivity index (χ4n) is 2.56. The lowest BCUT2D eigenvalue weighted by molar-refractivity contribution is -0.137. The number of hydrogen-bond donors (Lipinski definition) is 3. The summed E-state index contributed by atoms with van der Waals surface area (Å²) >= 11 is 0. The van der Waals surface area contributed by atoms with E-state index in [1.807, 2.05) is 5.32 Å². The van der Waals surface area contributed by atoms with Gasteiger partial charge in [-0.3, -0.25) is 14.1 Å². The van der Waals surface area contributed by atoms with E-state index in [0.29, 0.717) is 21.8 Å². The molecule has 0 spiro atoms. The number of alkyl halides is 3. The van der Waals surface area contributed by atoms with Gasteiger partial charge in [0.2, 0.25) is 16.0 Å². The van der Waals surface area contributed by atoms with Crippen LogP contribution in [0, 0.1) is 0 Å². The molecule has 35 heavy (non-hydrogen) atoms. The second-order valence-electron chi connectivity index (χ2n) is 6.84. The van der Waals surface area contributed by atoms with Gasteiger partial charge in [-0.1, -0.05) is 0 Å². The Morgan fingerprint density at radius 2 is 1.83 bits per heavy atom. The molecule has 0 unspecified atom stereocenters. The van der Waals surface area contributed by atoms with E-state index in [-0.39, 0.29) is 11.9 Å². The van der Waals surface area contributed by atoms with Crippen LogP contribution in [-0.4, -0.2) is 54.6 Å². The Hall–Kier alpha value is -4.01. The standard InChI is InChI=1S/C20H21F3N8O3S/c1-24-18(32)12-4-6-13(7-5-12)29-19-28-10-14(20(21,22)23)16(30-19)27-11-15-17(26-9-8-25-15)31(2)35(3,33)34/h4-10H,11H2,1-3H3,(H,24,32)(H2,27,28,29,30)/i8D,9D,11D2. The van der Waals surface area contributed by atoms with Crippen molar-refractivity contribution in [2.24, 2.45) is 0 Å². The summed E-state index contributed by atoms with van der Waals surface area (Å²) in [4.78, 5) is 26.3. The zero-order valence-corrected chi connectivity index (χ0v) is 19.2. The van der Waals surface area contributed by atoms with Gasteiger partial charge in [0.05, 0.1) is 18.2 Å². The number of anilines is 4. The molecular formula is C20H21F3N8O3S. The lowest BCUT2D eigenvalue weighted by Crippen LogP contribution is -2.27. The maximum Gasteiger partial charge on any atom is 0.421 e. The van der Waals surface area contributed by atoms with Crippen LogP contribution in [0.4, 0.5) is 36.4 Å². The Kier molecular flexibility index (Phi) is 5.87. The van der Waals surface area contributed by atoms with Crippen molar-refractivity contribution >= 4 is 39.2 Å². The number of carbonyl (C=O) groups is 1. The zero-order valence-electron chi connectivity index (χ0n) is 22.4. The minimum atomic E-state index is -5.03. The summed E-state index contributed by atoms with van der Waals surface area (Å²) < 4.78 is 98.0. The molecule has 3 aromatic rings. The number of rotatable bonds is 8. The minimum absolute atomic E-state index is 0.296. The summed E-state index contributed by atoms with van der Waals surface area (Å²) in [6, 6.07) is 5.77. The predicted molar refractivity (Wildman–Crippen MR) is 123 cm³/mol. The van der Waals surface area contributed by atoms with Crippen LogP contribution >= 0.6 is 0 Å². The topological polar surface area (TPSA) is 142 Å². The van der Waals surface area contributed by atoms with Gasteiger partial charge >= 0.3 is 6.18 Å². The molecule has 1 amide bonds. The second kappa shape index (κ2) is 10.1. The van der Waals surface area contributed by atoms with Crippen LogP contribution < -0.4 is 20.3 Å². The summed E-state index contributed by atoms with van der Waals surface area (Å²) in [6.45, 7) is -3.08. The third-order valence-electron chi connectivity index (χ3n) is 4.41. The molecular weight excluding hydrogens is 489 g/mol. The van der Waals surface area contributed by atoms with E-state index in [2.05, 4.69) is 30.6 Å². The maximum absolute atomic E-state index is 13.7. The van der Waals surface area contributed by atoms with E-state index in [1.54, 1.807) is 0 Å². The summed E-state index contributed by atoms with van der Waals surface area (Å²) in [5.41, 5.74) is -1.72. The van der Waals surface area contributed by atoms with Gasteiger partial charge in [0, 0.05) is 43.9 Å². The summed E-state index contributed by atoms with van der Waals surface area (Å²) in [5, 5.41) is 7.04. The Balaban J connectivity index is 2.06. The minimum Gasteiger partial charge on any atom is -0.364 e. The quantitative estimate of drug-likeness (QED) is 0.413. The van der Waals surface area contributed by atoms with Crippen LogP contribution in [0.15, 0.2) is 42.8 Å². The van der Waals surface area contributed by atoms with Crippen molar-refractivity contribution in [2.45, 2.75) is 12.7 Å². The largest absolute Gasteiger partial charge is 0.421 e. The molecule has 0 aliphatic heterocycles. The Morgan fingerprint density at radius 1 is 1.17 bits per heavy atom. The second-order valence-corrected chi connectivity index (χ2v) is 8.85. The normalized spacial score (nSPS) is 13.7. The molecule has 3 N–H and O–H groups in total. The molecule has 0 saturated carbocycles. The first-order valence-corrected chi connectivity index (χ1v) is 11.4. The fraction of sp³-hybridized carbons (Fsp3) is 0.250. The highest BCUT2D eigenvalue weighted by Crippen LogP contribution is 2.34. The van der Waals surface area contributed by atoms with Crippen LogP contribution in [0.25, 0.3) is 0 Å². The van der Waals surface area contributed by atoms with Gasteiger partial charge in [0.25, 0.3) is 5.91 Å². The predicted octanol–water partition coefficient (Wildman–Crippen LogP) is 2.40. The molecule has 0 aliphatic carbocycles. The first-order chi connectivity index (χ1) is 17.9. The van der Waals surface area contributed by atoms with Crippen LogP contribution in [0.5, 0.6) is 0 Å². The molecule has 11 nitrogen and oxygen atoms in total. The van der Waals surface area contributed by atoms with Crippen molar-refractivity contribution in [3.63, 3.8) is 0 Å². The number of halogens is 3. The smallest absolute Gasteiger partial charge is 0.364 e. The number of carbonyl (C=O) groups excluding carboxylic acids is 1. The van der Waals surface area contributed by atoms with E-state index in [4.69, 9.17) is 5.48 Å². The summed E-state index contributed by atoms with van der Waals surface area (Å²) in [5.74, 6) is -2.49. The molecule has 0 atom stereocenters. The molecule has 0 fully saturated rings. The lowest BCUT2D eigenvalue weighted by atomic mass is 10.2. The van der Waals surface area contributed by atoms with E-state index < -0.39 is 57.9 Å². The van der Waals surface area contributed by atoms with Gasteiger partial charge in [-0.15, -0.1) is 0 Å². The summed E-state index contributed by atoms with van der Waals surface area (Å²) in [6.07, 6.45) is -5.50. The van der Waals surface area contributed by atoms with Gasteiger partial charge < -0.3 is 16.0 Å². The average Bonchev–Trinajstić information content (AvgIpc) is 2.83. The molecule has 3 rings (SSSR count). The zero-order chi connectivity index (χ0) is 29.3. The first kappa shape index (κ1) is 20.4. The average molecular weight is 515 g/mol. The van der Waals surface area contributed by atoms with Gasteiger partial charge in [-0.25, -0.2) is 18.4 Å². The number of nitrogens with zero attached hydrogens (tertiary/aromatic N) is 5. The van der Waals surface area contributed by atoms with Gasteiger partial charge in [-0.2, -0.15) is 18.2 Å². The van der Waals surface area contributed by atoms with E-state index >= 15 is 0 Å². The van der Waals surface area contributed by atoms with Crippen LogP contribution in [0.2, 0.25) is 0 Å². The van der Waals surface area contributed by atoms with Crippen molar-refractivity contribution < 1.29 is 31.9 Å². The molecule has 15 heteroatoms. The van der Waals surface area contributed by atoms with Crippen LogP contribution in [0.1, 0.15) is 27.1 Å². The van der Waals surface area contributed by atoms with Crippen molar-refractivity contribution in [3.8, 4) is 0 Å². The Bertz CT molecular complexity index is 1510. The number of nitrogens with one attached hydrogen (secondary N) is 3. The molecule has 2 heterocycles. The Morgan fingerprint density at radius 3 is 2.43 bits per heavy atom. The number of sulfonamides is 1. The number of hydrogen-bond acceptors (Lipinski definition) is 9. The first-order valence-electron chi connectivity index (χ1n) is 11.5. The number of amides is 1. The molecule has 1 aromatic carbocycles. The fourth-order valence-corrected chi connectivity index (χ4v) is 3.01. The van der Waals surface area contributed by atoms with E-state index in [0.717, 1.165) is 13.3 Å². The van der Waals surface area contributed by atoms with E-state index in [9.17, 15) is 26.4 Å². The highest BCUT2D eigenvalue weighted by atomic mass is 32.2. The molecule has 0 radical (unpaired) electrons. The van der Waals surface area contributed by atoms with Gasteiger partial charge in [-0.05, 0) is 24.3 Å². The summed E-state index contributed by atoms with van der Waals surface area (Å²) in [7, 11) is -1.65. The van der Waals surface area contributed by atoms with Crippen molar-refractivity contribution in [2.75, 3.05) is 35.3 Å². The highest BCUT2D eigenvalue weighted by Gasteiger charge is 2.35. The Labute approximate surface area is 204 Å². The van der Waals surface area contributed by atoms with E-state index in [1.165, 1.54) is 31.3 Å². The SMILES string of the molecule is [2H]c1nc(N(C)S(C)(=O)=O)c(C([2H])([2H])Nc2nc(Nc3ccc(C(=O)NC)cc3)ncc2C(F)(F)F)nc1[2H]. The maximum atomic E-state index is 13.7.